The molecule has 2 fully saturated rings. The van der Waals surface area contributed by atoms with Crippen LogP contribution >= 0.6 is 0 Å². The van der Waals surface area contributed by atoms with Gasteiger partial charge in [0.25, 0.3) is 0 Å². The monoisotopic (exact) mass is 373 g/mol. The first-order valence-electron chi connectivity index (χ1n) is 10.3. The molecule has 1 aliphatic heterocycles. The number of carbonyl (C=O) groups is 1. The zero-order chi connectivity index (χ0) is 19.6. The van der Waals surface area contributed by atoms with E-state index in [-0.39, 0.29) is 18.2 Å². The van der Waals surface area contributed by atoms with Gasteiger partial charge in [-0.05, 0) is 51.2 Å². The van der Waals surface area contributed by atoms with E-state index in [0.717, 1.165) is 31.0 Å². The Hall–Kier alpha value is -1.59. The Morgan fingerprint density at radius 3 is 2.44 bits per heavy atom. The van der Waals surface area contributed by atoms with Crippen molar-refractivity contribution in [3.8, 4) is 0 Å². The van der Waals surface area contributed by atoms with Gasteiger partial charge in [-0.2, -0.15) is 0 Å². The smallest absolute Gasteiger partial charge is 0.410 e. The summed E-state index contributed by atoms with van der Waals surface area (Å²) < 4.78 is 5.71. The standard InChI is InChI=1S/C22H35N3O2/c1-15(23)17-7-9-18(10-8-17)19(13-16-5-6-16)20-14-24-11-12-25(20)21(26)27-22(2,3)4/h7-10,15-16,19-20,24H,5-6,11-14,23H2,1-4H3/t15-,19?,20?/m0/s1. The second kappa shape index (κ2) is 8.19. The van der Waals surface area contributed by atoms with Crippen molar-refractivity contribution in [1.82, 2.24) is 10.2 Å². The molecule has 0 bridgehead atoms. The van der Waals surface area contributed by atoms with Gasteiger partial charge in [-0.25, -0.2) is 4.79 Å². The number of benzene rings is 1. The van der Waals surface area contributed by atoms with Gasteiger partial charge >= 0.3 is 6.09 Å². The van der Waals surface area contributed by atoms with Gasteiger partial charge < -0.3 is 20.7 Å². The average molecular weight is 374 g/mol. The summed E-state index contributed by atoms with van der Waals surface area (Å²) in [5.74, 6) is 1.10. The Balaban J connectivity index is 1.83. The van der Waals surface area contributed by atoms with Gasteiger partial charge in [-0.15, -0.1) is 0 Å². The van der Waals surface area contributed by atoms with Crippen molar-refractivity contribution >= 4 is 6.09 Å². The molecule has 1 heterocycles. The van der Waals surface area contributed by atoms with Gasteiger partial charge in [0.15, 0.2) is 0 Å². The highest BCUT2D eigenvalue weighted by molar-refractivity contribution is 5.69. The summed E-state index contributed by atoms with van der Waals surface area (Å²) in [6.45, 7) is 10.1. The molecule has 0 aromatic heterocycles. The Kier molecular flexibility index (Phi) is 6.11. The van der Waals surface area contributed by atoms with E-state index in [9.17, 15) is 4.79 Å². The van der Waals surface area contributed by atoms with E-state index in [2.05, 4.69) is 29.6 Å². The summed E-state index contributed by atoms with van der Waals surface area (Å²) in [5, 5.41) is 3.49. The number of carbonyl (C=O) groups excluding carboxylic acids is 1. The first-order chi connectivity index (χ1) is 12.7. The van der Waals surface area contributed by atoms with Crippen LogP contribution in [0.25, 0.3) is 0 Å². The Bertz CT molecular complexity index is 632. The van der Waals surface area contributed by atoms with Gasteiger partial charge in [-0.1, -0.05) is 37.1 Å². The zero-order valence-electron chi connectivity index (χ0n) is 17.2. The quantitative estimate of drug-likeness (QED) is 0.824. The normalized spacial score (nSPS) is 23.0. The van der Waals surface area contributed by atoms with Crippen LogP contribution in [0, 0.1) is 5.92 Å². The molecule has 5 heteroatoms. The maximum atomic E-state index is 12.9. The molecule has 0 spiro atoms. The van der Waals surface area contributed by atoms with E-state index in [4.69, 9.17) is 10.5 Å². The lowest BCUT2D eigenvalue weighted by Gasteiger charge is -2.41. The highest BCUT2D eigenvalue weighted by Crippen LogP contribution is 2.41. The van der Waals surface area contributed by atoms with Crippen LogP contribution in [0.5, 0.6) is 0 Å². The minimum Gasteiger partial charge on any atom is -0.444 e. The summed E-state index contributed by atoms with van der Waals surface area (Å²) in [6.07, 6.45) is 3.55. The molecule has 2 unspecified atom stereocenters. The molecule has 5 nitrogen and oxygen atoms in total. The molecule has 3 N–H and O–H groups in total. The van der Waals surface area contributed by atoms with E-state index in [0.29, 0.717) is 12.5 Å². The van der Waals surface area contributed by atoms with Crippen LogP contribution in [0.3, 0.4) is 0 Å². The van der Waals surface area contributed by atoms with Gasteiger partial charge in [0.1, 0.15) is 5.60 Å². The molecular formula is C22H35N3O2. The van der Waals surface area contributed by atoms with Crippen molar-refractivity contribution < 1.29 is 9.53 Å². The molecule has 1 aromatic carbocycles. The van der Waals surface area contributed by atoms with Crippen LogP contribution in [0.2, 0.25) is 0 Å². The Morgan fingerprint density at radius 1 is 1.26 bits per heavy atom. The van der Waals surface area contributed by atoms with Crippen LogP contribution in [-0.2, 0) is 4.74 Å². The van der Waals surface area contributed by atoms with E-state index >= 15 is 0 Å². The maximum absolute atomic E-state index is 12.9. The molecular weight excluding hydrogens is 338 g/mol. The van der Waals surface area contributed by atoms with Crippen LogP contribution in [0.15, 0.2) is 24.3 Å². The van der Waals surface area contributed by atoms with Gasteiger partial charge in [0, 0.05) is 31.6 Å². The van der Waals surface area contributed by atoms with E-state index < -0.39 is 5.60 Å². The number of ether oxygens (including phenoxy) is 1. The highest BCUT2D eigenvalue weighted by Gasteiger charge is 2.38. The molecule has 27 heavy (non-hydrogen) atoms. The molecule has 150 valence electrons. The number of piperazine rings is 1. The summed E-state index contributed by atoms with van der Waals surface area (Å²) in [7, 11) is 0. The van der Waals surface area contributed by atoms with Crippen LogP contribution < -0.4 is 11.1 Å². The Morgan fingerprint density at radius 2 is 1.89 bits per heavy atom. The summed E-state index contributed by atoms with van der Waals surface area (Å²) >= 11 is 0. The van der Waals surface area contributed by atoms with Crippen LogP contribution in [0.4, 0.5) is 4.79 Å². The molecule has 3 atom stereocenters. The molecule has 2 aliphatic rings. The minimum atomic E-state index is -0.475. The fraction of sp³-hybridized carbons (Fsp3) is 0.682. The largest absolute Gasteiger partial charge is 0.444 e. The van der Waals surface area contributed by atoms with Gasteiger partial charge in [0.05, 0.1) is 6.04 Å². The van der Waals surface area contributed by atoms with Crippen molar-refractivity contribution in [3.05, 3.63) is 35.4 Å². The zero-order valence-corrected chi connectivity index (χ0v) is 17.2. The Labute approximate surface area is 163 Å². The predicted octanol–water partition coefficient (Wildman–Crippen LogP) is 3.80. The average Bonchev–Trinajstić information content (AvgIpc) is 3.42. The first-order valence-corrected chi connectivity index (χ1v) is 10.3. The second-order valence-electron chi connectivity index (χ2n) is 9.19. The summed E-state index contributed by atoms with van der Waals surface area (Å²) in [6, 6.07) is 8.83. The molecule has 1 aromatic rings. The molecule has 1 saturated heterocycles. The van der Waals surface area contributed by atoms with Gasteiger partial charge in [0.2, 0.25) is 0 Å². The molecule has 1 aliphatic carbocycles. The second-order valence-corrected chi connectivity index (χ2v) is 9.19. The van der Waals surface area contributed by atoms with E-state index in [1.807, 2.05) is 32.6 Å². The molecule has 0 radical (unpaired) electrons. The fourth-order valence-corrected chi connectivity index (χ4v) is 3.91. The van der Waals surface area contributed by atoms with Crippen molar-refractivity contribution in [1.29, 1.82) is 0 Å². The van der Waals surface area contributed by atoms with Crippen LogP contribution in [-0.4, -0.2) is 42.3 Å². The molecule has 3 rings (SSSR count). The number of hydrogen-bond acceptors (Lipinski definition) is 4. The minimum absolute atomic E-state index is 0.0375. The number of amides is 1. The number of nitrogens with two attached hydrogens (primary N) is 1. The summed E-state index contributed by atoms with van der Waals surface area (Å²) in [5.41, 5.74) is 7.99. The van der Waals surface area contributed by atoms with Crippen molar-refractivity contribution in [2.45, 2.75) is 70.6 Å². The van der Waals surface area contributed by atoms with Gasteiger partial charge in [-0.3, -0.25) is 0 Å². The third kappa shape index (κ3) is 5.45. The van der Waals surface area contributed by atoms with Crippen molar-refractivity contribution in [2.75, 3.05) is 19.6 Å². The van der Waals surface area contributed by atoms with Crippen LogP contribution in [0.1, 0.15) is 70.0 Å². The number of nitrogens with one attached hydrogen (secondary N) is 1. The number of nitrogens with zero attached hydrogens (tertiary/aromatic N) is 1. The highest BCUT2D eigenvalue weighted by atomic mass is 16.6. The van der Waals surface area contributed by atoms with E-state index in [1.54, 1.807) is 0 Å². The first kappa shape index (κ1) is 20.2. The topological polar surface area (TPSA) is 67.6 Å². The van der Waals surface area contributed by atoms with E-state index in [1.165, 1.54) is 18.4 Å². The predicted molar refractivity (Wildman–Crippen MR) is 109 cm³/mol. The number of rotatable bonds is 5. The lowest BCUT2D eigenvalue weighted by Crippen LogP contribution is -2.56. The van der Waals surface area contributed by atoms with Crippen molar-refractivity contribution in [3.63, 3.8) is 0 Å². The third-order valence-corrected chi connectivity index (χ3v) is 5.55. The third-order valence-electron chi connectivity index (χ3n) is 5.55. The maximum Gasteiger partial charge on any atom is 0.410 e. The number of hydrogen-bond donors (Lipinski definition) is 2. The SMILES string of the molecule is C[C@H](N)c1ccc(C(CC2CC2)C2CNCCN2C(=O)OC(C)(C)C)cc1. The lowest BCUT2D eigenvalue weighted by atomic mass is 9.84. The molecule has 1 saturated carbocycles. The van der Waals surface area contributed by atoms with Crippen molar-refractivity contribution in [2.24, 2.45) is 11.7 Å². The lowest BCUT2D eigenvalue weighted by molar-refractivity contribution is 0.00819. The summed E-state index contributed by atoms with van der Waals surface area (Å²) in [4.78, 5) is 14.8. The fourth-order valence-electron chi connectivity index (χ4n) is 3.91. The molecule has 1 amide bonds.